The van der Waals surface area contributed by atoms with E-state index < -0.39 is 30.3 Å². The molecule has 0 aliphatic carbocycles. The van der Waals surface area contributed by atoms with E-state index >= 15 is 0 Å². The molecular formula is C15H16N6O4. The Hall–Kier alpha value is -2.61. The predicted molar refractivity (Wildman–Crippen MR) is 82.9 cm³/mol. The van der Waals surface area contributed by atoms with Crippen molar-refractivity contribution in [2.24, 2.45) is 0 Å². The summed E-state index contributed by atoms with van der Waals surface area (Å²) in [6, 6.07) is 1.86. The van der Waals surface area contributed by atoms with Gasteiger partial charge < -0.3 is 19.9 Å². The molecule has 0 saturated carbocycles. The summed E-state index contributed by atoms with van der Waals surface area (Å²) in [7, 11) is 0. The standard InChI is InChI=1S/C15H16N6O4/c1-6(22)9-10-11(25-15(2,3)24-10)14(23-9)21-5-18-8-12(17)19-7(4-16)20-13(8)21/h5,9-11,14H,1-3H3,(H2,17,19,20)/t9-,10-,11-,14-/m1/s1. The lowest BCUT2D eigenvalue weighted by molar-refractivity contribution is -0.196. The van der Waals surface area contributed by atoms with E-state index in [1.54, 1.807) is 18.4 Å². The van der Waals surface area contributed by atoms with Crippen molar-refractivity contribution in [2.45, 2.75) is 51.1 Å². The lowest BCUT2D eigenvalue weighted by Crippen LogP contribution is -2.34. The molecule has 0 unspecified atom stereocenters. The number of ether oxygens (including phenoxy) is 3. The Balaban J connectivity index is 1.82. The number of carbonyl (C=O) groups excluding carboxylic acids is 1. The molecule has 10 nitrogen and oxygen atoms in total. The van der Waals surface area contributed by atoms with Crippen molar-refractivity contribution in [1.82, 2.24) is 19.5 Å². The highest BCUT2D eigenvalue weighted by molar-refractivity contribution is 5.83. The first kappa shape index (κ1) is 15.9. The summed E-state index contributed by atoms with van der Waals surface area (Å²) in [5.74, 6) is -0.974. The van der Waals surface area contributed by atoms with Crippen LogP contribution in [0.2, 0.25) is 0 Å². The Morgan fingerprint density at radius 2 is 2.08 bits per heavy atom. The topological polar surface area (TPSA) is 138 Å². The van der Waals surface area contributed by atoms with Crippen molar-refractivity contribution in [2.75, 3.05) is 5.73 Å². The number of anilines is 1. The molecule has 0 aromatic carbocycles. The molecule has 130 valence electrons. The third-order valence-corrected chi connectivity index (χ3v) is 4.25. The number of ketones is 1. The van der Waals surface area contributed by atoms with Gasteiger partial charge in [0.05, 0.1) is 6.33 Å². The fourth-order valence-electron chi connectivity index (χ4n) is 3.30. The molecule has 4 heterocycles. The van der Waals surface area contributed by atoms with E-state index in [2.05, 4.69) is 15.0 Å². The lowest BCUT2D eigenvalue weighted by Gasteiger charge is -2.24. The number of hydrogen-bond acceptors (Lipinski definition) is 9. The van der Waals surface area contributed by atoms with Crippen LogP contribution >= 0.6 is 0 Å². The maximum Gasteiger partial charge on any atom is 0.236 e. The van der Waals surface area contributed by atoms with Gasteiger partial charge >= 0.3 is 0 Å². The van der Waals surface area contributed by atoms with Gasteiger partial charge in [-0.2, -0.15) is 15.2 Å². The molecule has 0 bridgehead atoms. The summed E-state index contributed by atoms with van der Waals surface area (Å²) in [4.78, 5) is 24.2. The van der Waals surface area contributed by atoms with Crippen molar-refractivity contribution in [1.29, 1.82) is 5.26 Å². The minimum atomic E-state index is -0.840. The molecule has 2 fully saturated rings. The minimum Gasteiger partial charge on any atom is -0.382 e. The number of hydrogen-bond donors (Lipinski definition) is 1. The van der Waals surface area contributed by atoms with Gasteiger partial charge in [-0.1, -0.05) is 0 Å². The lowest BCUT2D eigenvalue weighted by atomic mass is 10.1. The number of nitrogens with two attached hydrogens (primary N) is 1. The predicted octanol–water partition coefficient (Wildman–Crippen LogP) is 0.287. The first-order valence-electron chi connectivity index (χ1n) is 7.72. The Bertz CT molecular complexity index is 917. The molecule has 2 aliphatic heterocycles. The zero-order valence-corrected chi connectivity index (χ0v) is 13.8. The fraction of sp³-hybridized carbons (Fsp3) is 0.533. The number of nitrogens with zero attached hydrogens (tertiary/aromatic N) is 5. The zero-order chi connectivity index (χ0) is 17.9. The minimum absolute atomic E-state index is 0.0756. The summed E-state index contributed by atoms with van der Waals surface area (Å²) >= 11 is 0. The maximum absolute atomic E-state index is 12.0. The van der Waals surface area contributed by atoms with Crippen LogP contribution in [0, 0.1) is 11.3 Å². The Morgan fingerprint density at radius 3 is 2.76 bits per heavy atom. The first-order chi connectivity index (χ1) is 11.8. The second-order valence-corrected chi connectivity index (χ2v) is 6.49. The number of Topliss-reactive ketones (excluding diaryl/α,β-unsaturated/α-hetero) is 1. The van der Waals surface area contributed by atoms with Gasteiger partial charge in [0.1, 0.15) is 29.9 Å². The maximum atomic E-state index is 12.0. The number of carbonyl (C=O) groups is 1. The molecule has 2 saturated heterocycles. The van der Waals surface area contributed by atoms with Crippen molar-refractivity contribution in [3.8, 4) is 6.07 Å². The number of imidazole rings is 1. The number of fused-ring (bicyclic) bond motifs is 2. The van der Waals surface area contributed by atoms with Crippen molar-refractivity contribution in [3.05, 3.63) is 12.2 Å². The molecule has 2 aromatic heterocycles. The molecule has 25 heavy (non-hydrogen) atoms. The normalized spacial score (nSPS) is 30.3. The summed E-state index contributed by atoms with van der Waals surface area (Å²) in [5.41, 5.74) is 6.53. The van der Waals surface area contributed by atoms with Crippen LogP contribution in [-0.2, 0) is 19.0 Å². The number of aromatic nitrogens is 4. The van der Waals surface area contributed by atoms with Gasteiger partial charge in [-0.25, -0.2) is 4.98 Å². The average molecular weight is 344 g/mol. The van der Waals surface area contributed by atoms with Gasteiger partial charge in [0, 0.05) is 0 Å². The zero-order valence-electron chi connectivity index (χ0n) is 13.8. The van der Waals surface area contributed by atoms with Crippen LogP contribution in [0.5, 0.6) is 0 Å². The quantitative estimate of drug-likeness (QED) is 0.814. The summed E-state index contributed by atoms with van der Waals surface area (Å²) < 4.78 is 19.3. The van der Waals surface area contributed by atoms with Crippen molar-refractivity contribution < 1.29 is 19.0 Å². The van der Waals surface area contributed by atoms with Crippen molar-refractivity contribution in [3.63, 3.8) is 0 Å². The smallest absolute Gasteiger partial charge is 0.236 e. The molecule has 0 radical (unpaired) electrons. The van der Waals surface area contributed by atoms with Crippen LogP contribution in [0.15, 0.2) is 6.33 Å². The summed E-state index contributed by atoms with van der Waals surface area (Å²) in [5, 5.41) is 9.07. The number of nitrogen functional groups attached to an aromatic ring is 1. The van der Waals surface area contributed by atoms with Crippen LogP contribution in [0.4, 0.5) is 5.82 Å². The van der Waals surface area contributed by atoms with E-state index in [1.165, 1.54) is 13.3 Å². The van der Waals surface area contributed by atoms with Crippen LogP contribution in [0.3, 0.4) is 0 Å². The second-order valence-electron chi connectivity index (χ2n) is 6.49. The third-order valence-electron chi connectivity index (χ3n) is 4.25. The van der Waals surface area contributed by atoms with Crippen LogP contribution in [0.1, 0.15) is 32.8 Å². The highest BCUT2D eigenvalue weighted by Crippen LogP contribution is 2.44. The van der Waals surface area contributed by atoms with Crippen LogP contribution in [0.25, 0.3) is 11.2 Å². The molecule has 4 rings (SSSR count). The van der Waals surface area contributed by atoms with E-state index in [4.69, 9.17) is 25.2 Å². The molecule has 0 spiro atoms. The van der Waals surface area contributed by atoms with Gasteiger partial charge in [-0.05, 0) is 20.8 Å². The van der Waals surface area contributed by atoms with E-state index in [0.29, 0.717) is 11.2 Å². The van der Waals surface area contributed by atoms with Gasteiger partial charge in [-0.15, -0.1) is 0 Å². The van der Waals surface area contributed by atoms with E-state index in [1.807, 2.05) is 6.07 Å². The molecule has 2 aromatic rings. The van der Waals surface area contributed by atoms with Gasteiger partial charge in [-0.3, -0.25) is 9.36 Å². The fourth-order valence-corrected chi connectivity index (χ4v) is 3.30. The van der Waals surface area contributed by atoms with Crippen molar-refractivity contribution >= 4 is 22.8 Å². The third kappa shape index (κ3) is 2.36. The monoisotopic (exact) mass is 344 g/mol. The number of nitriles is 1. The van der Waals surface area contributed by atoms with E-state index in [-0.39, 0.29) is 17.4 Å². The highest BCUT2D eigenvalue weighted by Gasteiger charge is 2.57. The van der Waals surface area contributed by atoms with Gasteiger partial charge in [0.2, 0.25) is 5.82 Å². The molecule has 0 amide bonds. The molecular weight excluding hydrogens is 328 g/mol. The van der Waals surface area contributed by atoms with Crippen LogP contribution < -0.4 is 5.73 Å². The number of rotatable bonds is 2. The average Bonchev–Trinajstić information content (AvgIpc) is 3.17. The highest BCUT2D eigenvalue weighted by atomic mass is 16.8. The summed E-state index contributed by atoms with van der Waals surface area (Å²) in [6.07, 6.45) is -1.03. The molecule has 2 aliphatic rings. The van der Waals surface area contributed by atoms with Gasteiger partial charge in [0.25, 0.3) is 0 Å². The molecule has 10 heteroatoms. The molecule has 4 atom stereocenters. The van der Waals surface area contributed by atoms with Gasteiger partial charge in [0.15, 0.2) is 29.3 Å². The SMILES string of the molecule is CC(=O)[C@H]1O[C@@H](n2cnc3c(N)nc(C#N)nc32)[C@@H]2OC(C)(C)O[C@@H]21. The summed E-state index contributed by atoms with van der Waals surface area (Å²) in [6.45, 7) is 5.00. The largest absolute Gasteiger partial charge is 0.382 e. The second kappa shape index (κ2) is 5.19. The Morgan fingerprint density at radius 1 is 1.36 bits per heavy atom. The van der Waals surface area contributed by atoms with Crippen LogP contribution in [-0.4, -0.2) is 49.4 Å². The van der Waals surface area contributed by atoms with E-state index in [9.17, 15) is 4.79 Å². The Labute approximate surface area is 142 Å². The Kier molecular flexibility index (Phi) is 3.30. The van der Waals surface area contributed by atoms with E-state index in [0.717, 1.165) is 0 Å². The molecule has 2 N–H and O–H groups in total. The first-order valence-corrected chi connectivity index (χ1v) is 7.72.